The highest BCUT2D eigenvalue weighted by Gasteiger charge is 2.42. The van der Waals surface area contributed by atoms with Crippen LogP contribution in [0.1, 0.15) is 13.3 Å². The molecule has 1 unspecified atom stereocenters. The molecule has 1 saturated heterocycles. The van der Waals surface area contributed by atoms with Gasteiger partial charge < -0.3 is 14.2 Å². The summed E-state index contributed by atoms with van der Waals surface area (Å²) in [6, 6.07) is 0. The van der Waals surface area contributed by atoms with Crippen LogP contribution in [0.5, 0.6) is 0 Å². The lowest BCUT2D eigenvalue weighted by Gasteiger charge is -2.22. The number of hydrogen-bond donors (Lipinski definition) is 0. The van der Waals surface area contributed by atoms with Gasteiger partial charge in [-0.3, -0.25) is 0 Å². The maximum absolute atomic E-state index is 12.4. The smallest absolute Gasteiger partial charge is 0.427 e. The number of carbonyl (C=O) groups is 1. The second kappa shape index (κ2) is 4.91. The molecule has 0 amide bonds. The Morgan fingerprint density at radius 3 is 2.65 bits per heavy atom. The fourth-order valence-corrected chi connectivity index (χ4v) is 1.11. The molecule has 0 radical (unpaired) electrons. The number of hydrogen-bond acceptors (Lipinski definition) is 4. The molecule has 0 saturated carbocycles. The van der Waals surface area contributed by atoms with Gasteiger partial charge in [-0.2, -0.15) is 13.2 Å². The van der Waals surface area contributed by atoms with Crippen LogP contribution in [0.25, 0.3) is 0 Å². The van der Waals surface area contributed by atoms with E-state index in [-0.39, 0.29) is 19.1 Å². The molecule has 0 N–H and O–H groups in total. The van der Waals surface area contributed by atoms with Gasteiger partial charge in [-0.15, -0.1) is 0 Å². The highest BCUT2D eigenvalue weighted by Crippen LogP contribution is 2.28. The largest absolute Gasteiger partial charge is 0.511 e. The van der Waals surface area contributed by atoms with Crippen molar-refractivity contribution in [2.75, 3.05) is 13.2 Å². The van der Waals surface area contributed by atoms with Crippen LogP contribution in [0.2, 0.25) is 0 Å². The Kier molecular flexibility index (Phi) is 3.97. The third kappa shape index (κ3) is 3.58. The lowest BCUT2D eigenvalue weighted by Crippen LogP contribution is -2.34. The van der Waals surface area contributed by atoms with Gasteiger partial charge in [0.1, 0.15) is 0 Å². The summed E-state index contributed by atoms with van der Waals surface area (Å²) in [5.74, 6) is -3.69. The van der Waals surface area contributed by atoms with E-state index in [4.69, 9.17) is 4.74 Å². The zero-order valence-corrected chi connectivity index (χ0v) is 8.84. The SMILES string of the molecule is CCC1(OC/C=C(/F)C(F)(F)F)COC(=O)O1. The molecule has 1 aliphatic heterocycles. The molecule has 1 atom stereocenters. The van der Waals surface area contributed by atoms with Crippen LogP contribution < -0.4 is 0 Å². The molecule has 1 heterocycles. The van der Waals surface area contributed by atoms with E-state index in [9.17, 15) is 22.4 Å². The van der Waals surface area contributed by atoms with Crippen molar-refractivity contribution in [1.29, 1.82) is 0 Å². The molecule has 0 aromatic carbocycles. The number of allylic oxidation sites excluding steroid dienone is 1. The monoisotopic (exact) mass is 258 g/mol. The zero-order valence-electron chi connectivity index (χ0n) is 8.84. The third-order valence-electron chi connectivity index (χ3n) is 2.10. The van der Waals surface area contributed by atoms with Gasteiger partial charge in [-0.1, -0.05) is 6.92 Å². The number of cyclic esters (lactones) is 2. The van der Waals surface area contributed by atoms with Crippen LogP contribution in [0.3, 0.4) is 0 Å². The van der Waals surface area contributed by atoms with Crippen molar-refractivity contribution in [3.05, 3.63) is 11.9 Å². The highest BCUT2D eigenvalue weighted by atomic mass is 19.4. The summed E-state index contributed by atoms with van der Waals surface area (Å²) in [7, 11) is 0. The van der Waals surface area contributed by atoms with Crippen LogP contribution in [0, 0.1) is 0 Å². The third-order valence-corrected chi connectivity index (χ3v) is 2.10. The summed E-state index contributed by atoms with van der Waals surface area (Å²) in [4.78, 5) is 10.7. The minimum Gasteiger partial charge on any atom is -0.427 e. The van der Waals surface area contributed by atoms with Gasteiger partial charge in [0, 0.05) is 6.42 Å². The quantitative estimate of drug-likeness (QED) is 0.574. The van der Waals surface area contributed by atoms with Crippen molar-refractivity contribution in [3.8, 4) is 0 Å². The fourth-order valence-electron chi connectivity index (χ4n) is 1.11. The summed E-state index contributed by atoms with van der Waals surface area (Å²) in [6.07, 6.45) is -5.60. The van der Waals surface area contributed by atoms with E-state index in [0.29, 0.717) is 0 Å². The summed E-state index contributed by atoms with van der Waals surface area (Å²) in [5, 5.41) is 0. The first-order valence-electron chi connectivity index (χ1n) is 4.72. The van der Waals surface area contributed by atoms with Gasteiger partial charge in [-0.25, -0.2) is 9.18 Å². The average molecular weight is 258 g/mol. The van der Waals surface area contributed by atoms with Crippen molar-refractivity contribution in [1.82, 2.24) is 0 Å². The average Bonchev–Trinajstić information content (AvgIpc) is 2.59. The lowest BCUT2D eigenvalue weighted by atomic mass is 10.2. The molecular weight excluding hydrogens is 248 g/mol. The van der Waals surface area contributed by atoms with Crippen LogP contribution in [0.15, 0.2) is 11.9 Å². The maximum Gasteiger partial charge on any atom is 0.511 e. The van der Waals surface area contributed by atoms with Gasteiger partial charge in [0.25, 0.3) is 5.79 Å². The van der Waals surface area contributed by atoms with Gasteiger partial charge >= 0.3 is 12.3 Å². The molecule has 0 aliphatic carbocycles. The van der Waals surface area contributed by atoms with E-state index in [1.807, 2.05) is 0 Å². The van der Waals surface area contributed by atoms with Gasteiger partial charge in [0.2, 0.25) is 5.83 Å². The van der Waals surface area contributed by atoms with E-state index in [1.165, 1.54) is 0 Å². The topological polar surface area (TPSA) is 44.8 Å². The van der Waals surface area contributed by atoms with Crippen LogP contribution in [0.4, 0.5) is 22.4 Å². The van der Waals surface area contributed by atoms with Crippen molar-refractivity contribution < 1.29 is 36.6 Å². The fraction of sp³-hybridized carbons (Fsp3) is 0.667. The van der Waals surface area contributed by atoms with Crippen LogP contribution >= 0.6 is 0 Å². The molecule has 0 spiro atoms. The maximum atomic E-state index is 12.4. The summed E-state index contributed by atoms with van der Waals surface area (Å²) < 4.78 is 61.7. The number of ether oxygens (including phenoxy) is 3. The normalized spacial score (nSPS) is 25.7. The lowest BCUT2D eigenvalue weighted by molar-refractivity contribution is -0.174. The molecule has 0 aromatic heterocycles. The molecule has 4 nitrogen and oxygen atoms in total. The second-order valence-corrected chi connectivity index (χ2v) is 3.27. The Labute approximate surface area is 94.1 Å². The number of halogens is 4. The molecule has 1 rings (SSSR count). The van der Waals surface area contributed by atoms with Gasteiger partial charge in [-0.05, 0) is 6.08 Å². The molecule has 17 heavy (non-hydrogen) atoms. The van der Waals surface area contributed by atoms with E-state index in [1.54, 1.807) is 6.92 Å². The van der Waals surface area contributed by atoms with Crippen molar-refractivity contribution >= 4 is 6.16 Å². The number of rotatable bonds is 4. The Balaban J connectivity index is 2.53. The number of alkyl halides is 3. The van der Waals surface area contributed by atoms with Crippen molar-refractivity contribution in [2.24, 2.45) is 0 Å². The first kappa shape index (κ1) is 13.8. The van der Waals surface area contributed by atoms with Gasteiger partial charge in [0.15, 0.2) is 6.61 Å². The Morgan fingerprint density at radius 2 is 2.24 bits per heavy atom. The summed E-state index contributed by atoms with van der Waals surface area (Å²) >= 11 is 0. The minimum absolute atomic E-state index is 0.181. The van der Waals surface area contributed by atoms with E-state index < -0.39 is 30.6 Å². The molecule has 8 heteroatoms. The second-order valence-electron chi connectivity index (χ2n) is 3.27. The standard InChI is InChI=1S/C9H10F4O4/c1-2-8(5-15-7(14)17-8)16-4-3-6(10)9(11,12)13/h3H,2,4-5H2,1H3/b6-3+. The zero-order chi connectivity index (χ0) is 13.1. The van der Waals surface area contributed by atoms with E-state index >= 15 is 0 Å². The first-order chi connectivity index (χ1) is 7.79. The van der Waals surface area contributed by atoms with Crippen molar-refractivity contribution in [2.45, 2.75) is 25.3 Å². The van der Waals surface area contributed by atoms with Crippen LogP contribution in [-0.4, -0.2) is 31.3 Å². The predicted octanol–water partition coefficient (Wildman–Crippen LogP) is 2.69. The van der Waals surface area contributed by atoms with Gasteiger partial charge in [0.05, 0.1) is 6.61 Å². The highest BCUT2D eigenvalue weighted by molar-refractivity contribution is 5.62. The molecule has 0 bridgehead atoms. The van der Waals surface area contributed by atoms with E-state index in [2.05, 4.69) is 9.47 Å². The molecule has 98 valence electrons. The molecule has 1 fully saturated rings. The van der Waals surface area contributed by atoms with Crippen LogP contribution in [-0.2, 0) is 14.2 Å². The summed E-state index contributed by atoms with van der Waals surface area (Å²) in [6.45, 7) is 0.686. The minimum atomic E-state index is -5.04. The number of carbonyl (C=O) groups excluding carboxylic acids is 1. The molecule has 0 aromatic rings. The van der Waals surface area contributed by atoms with E-state index in [0.717, 1.165) is 0 Å². The first-order valence-corrected chi connectivity index (χ1v) is 4.72. The molecule has 1 aliphatic rings. The Bertz CT molecular complexity index is 325. The predicted molar refractivity (Wildman–Crippen MR) is 46.7 cm³/mol. The molecular formula is C9H10F4O4. The van der Waals surface area contributed by atoms with Crippen molar-refractivity contribution in [3.63, 3.8) is 0 Å². The summed E-state index contributed by atoms with van der Waals surface area (Å²) in [5.41, 5.74) is 0. The Morgan fingerprint density at radius 1 is 1.59 bits per heavy atom. The Hall–Kier alpha value is -1.31.